The minimum atomic E-state index is -4.39. The molecule has 0 amide bonds. The number of hydrogen-bond acceptors (Lipinski definition) is 5. The van der Waals surface area contributed by atoms with Crippen LogP contribution in [0.3, 0.4) is 0 Å². The van der Waals surface area contributed by atoms with Gasteiger partial charge in [0.2, 0.25) is 0 Å². The van der Waals surface area contributed by atoms with Gasteiger partial charge in [-0.3, -0.25) is 0 Å². The van der Waals surface area contributed by atoms with Crippen molar-refractivity contribution >= 4 is 33.5 Å². The molecule has 4 rings (SSSR count). The summed E-state index contributed by atoms with van der Waals surface area (Å²) in [6.45, 7) is 2.87. The summed E-state index contributed by atoms with van der Waals surface area (Å²) in [5.41, 5.74) is 3.09. The first-order valence-electron chi connectivity index (χ1n) is 12.4. The number of methoxy groups -OCH3 is 1. The van der Waals surface area contributed by atoms with Crippen LogP contribution < -0.4 is 15.4 Å². The number of nitrogens with one attached hydrogen (secondary N) is 2. The molecule has 1 aliphatic heterocycles. The van der Waals surface area contributed by atoms with Crippen molar-refractivity contribution in [2.24, 2.45) is 0 Å². The quantitative estimate of drug-likeness (QED) is 0.314. The van der Waals surface area contributed by atoms with Crippen LogP contribution in [-0.4, -0.2) is 66.3 Å². The molecule has 0 spiro atoms. The normalized spacial score (nSPS) is 15.7. The van der Waals surface area contributed by atoms with Crippen LogP contribution in [0.15, 0.2) is 41.3 Å². The number of halogens is 3. The van der Waals surface area contributed by atoms with E-state index in [0.717, 1.165) is 42.6 Å². The highest BCUT2D eigenvalue weighted by molar-refractivity contribution is 7.90. The van der Waals surface area contributed by atoms with Crippen LogP contribution in [0.25, 0.3) is 10.9 Å². The number of likely N-dealkylation sites (tertiary alicyclic amines) is 1. The molecule has 10 heteroatoms. The maximum absolute atomic E-state index is 13.6. The number of rotatable bonds is 7. The molecule has 1 fully saturated rings. The van der Waals surface area contributed by atoms with Crippen LogP contribution in [0.1, 0.15) is 24.1 Å². The van der Waals surface area contributed by atoms with E-state index in [1.165, 1.54) is 11.7 Å². The van der Waals surface area contributed by atoms with Crippen molar-refractivity contribution < 1.29 is 22.5 Å². The SMILES string of the molecule is COc1cc([S+](C)[O-])ccc1NCC#Cc1c(C)c2c(NC3CCN(C)CC3)cccc2n1CC(F)(F)F. The standard InChI is InChI=1S/C28H33F3N4O2S/c1-19-24(9-6-14-32-22-11-10-21(38(4)36)17-26(22)37-3)35(18-28(29,30)31)25-8-5-7-23(27(19)25)33-20-12-15-34(2)16-13-20/h5,7-8,10-11,17,20,32-33H,12-16,18H2,1-4H3. The first-order chi connectivity index (χ1) is 18.1. The number of fused-ring (bicyclic) bond motifs is 1. The van der Waals surface area contributed by atoms with Gasteiger partial charge in [0.1, 0.15) is 18.6 Å². The third-order valence-corrected chi connectivity index (χ3v) is 7.75. The molecule has 2 N–H and O–H groups in total. The Morgan fingerprint density at radius 2 is 1.89 bits per heavy atom. The van der Waals surface area contributed by atoms with Gasteiger partial charge in [-0.2, -0.15) is 13.2 Å². The molecule has 0 radical (unpaired) electrons. The first-order valence-corrected chi connectivity index (χ1v) is 14.0. The number of nitrogens with zero attached hydrogens (tertiary/aromatic N) is 2. The molecule has 38 heavy (non-hydrogen) atoms. The Hall–Kier alpha value is -3.00. The van der Waals surface area contributed by atoms with Crippen molar-refractivity contribution in [1.29, 1.82) is 0 Å². The Morgan fingerprint density at radius 1 is 1.16 bits per heavy atom. The second-order valence-electron chi connectivity index (χ2n) is 9.57. The molecule has 1 saturated heterocycles. The van der Waals surface area contributed by atoms with E-state index in [1.807, 2.05) is 13.0 Å². The van der Waals surface area contributed by atoms with Crippen molar-refractivity contribution in [3.05, 3.63) is 47.7 Å². The molecule has 1 aliphatic rings. The zero-order valence-corrected chi connectivity index (χ0v) is 22.9. The Morgan fingerprint density at radius 3 is 2.55 bits per heavy atom. The minimum Gasteiger partial charge on any atom is -0.612 e. The zero-order chi connectivity index (χ0) is 27.4. The second kappa shape index (κ2) is 11.8. The number of piperidine rings is 1. The Labute approximate surface area is 224 Å². The largest absolute Gasteiger partial charge is 0.612 e. The summed E-state index contributed by atoms with van der Waals surface area (Å²) in [5.74, 6) is 6.50. The highest BCUT2D eigenvalue weighted by Gasteiger charge is 2.31. The third-order valence-electron chi connectivity index (χ3n) is 6.83. The number of hydrogen-bond donors (Lipinski definition) is 2. The topological polar surface area (TPSA) is 64.5 Å². The van der Waals surface area contributed by atoms with Crippen molar-refractivity contribution in [3.8, 4) is 17.6 Å². The van der Waals surface area contributed by atoms with Gasteiger partial charge in [-0.1, -0.05) is 12.0 Å². The summed E-state index contributed by atoms with van der Waals surface area (Å²) < 4.78 is 59.2. The lowest BCUT2D eigenvalue weighted by Crippen LogP contribution is -2.36. The number of ether oxygens (including phenoxy) is 1. The monoisotopic (exact) mass is 546 g/mol. The van der Waals surface area contributed by atoms with Crippen LogP contribution in [-0.2, 0) is 17.7 Å². The van der Waals surface area contributed by atoms with Crippen LogP contribution in [0.4, 0.5) is 24.5 Å². The molecule has 1 atom stereocenters. The average molecular weight is 547 g/mol. The fourth-order valence-electron chi connectivity index (χ4n) is 4.86. The maximum atomic E-state index is 13.6. The molecule has 2 heterocycles. The van der Waals surface area contributed by atoms with Gasteiger partial charge in [-0.15, -0.1) is 0 Å². The summed E-state index contributed by atoms with van der Waals surface area (Å²) in [6.07, 6.45) is -0.846. The van der Waals surface area contributed by atoms with E-state index in [-0.39, 0.29) is 12.6 Å². The summed E-state index contributed by atoms with van der Waals surface area (Å²) in [5, 5.41) is 7.51. The minimum absolute atomic E-state index is 0.193. The molecular formula is C28H33F3N4O2S. The van der Waals surface area contributed by atoms with E-state index in [1.54, 1.807) is 36.6 Å². The number of anilines is 2. The van der Waals surface area contributed by atoms with Crippen LogP contribution in [0.2, 0.25) is 0 Å². The van der Waals surface area contributed by atoms with Crippen molar-refractivity contribution in [3.63, 3.8) is 0 Å². The van der Waals surface area contributed by atoms with Gasteiger partial charge < -0.3 is 29.4 Å². The van der Waals surface area contributed by atoms with Crippen LogP contribution in [0.5, 0.6) is 5.75 Å². The molecule has 204 valence electrons. The Balaban J connectivity index is 1.63. The third kappa shape index (κ3) is 6.52. The predicted molar refractivity (Wildman–Crippen MR) is 148 cm³/mol. The highest BCUT2D eigenvalue weighted by Crippen LogP contribution is 2.35. The van der Waals surface area contributed by atoms with Crippen LogP contribution in [0, 0.1) is 18.8 Å². The smallest absolute Gasteiger partial charge is 0.406 e. The van der Waals surface area contributed by atoms with Crippen molar-refractivity contribution in [2.75, 3.05) is 50.7 Å². The number of benzene rings is 2. The molecule has 3 aromatic rings. The van der Waals surface area contributed by atoms with Crippen molar-refractivity contribution in [2.45, 2.75) is 43.4 Å². The second-order valence-corrected chi connectivity index (χ2v) is 10.9. The number of aromatic nitrogens is 1. The Kier molecular flexibility index (Phi) is 8.71. The van der Waals surface area contributed by atoms with Gasteiger partial charge in [-0.25, -0.2) is 0 Å². The lowest BCUT2D eigenvalue weighted by molar-refractivity contribution is -0.140. The average Bonchev–Trinajstić information content (AvgIpc) is 3.13. The first kappa shape index (κ1) is 28.0. The fourth-order valence-corrected chi connectivity index (χ4v) is 5.39. The molecule has 1 unspecified atom stereocenters. The molecule has 6 nitrogen and oxygen atoms in total. The van der Waals surface area contributed by atoms with E-state index in [4.69, 9.17) is 4.74 Å². The zero-order valence-electron chi connectivity index (χ0n) is 22.0. The van der Waals surface area contributed by atoms with Gasteiger partial charge in [0.25, 0.3) is 0 Å². The maximum Gasteiger partial charge on any atom is 0.406 e. The molecule has 2 aromatic carbocycles. The number of alkyl halides is 3. The molecule has 0 aliphatic carbocycles. The lowest BCUT2D eigenvalue weighted by atomic mass is 10.0. The van der Waals surface area contributed by atoms with E-state index in [9.17, 15) is 17.7 Å². The highest BCUT2D eigenvalue weighted by atomic mass is 32.2. The van der Waals surface area contributed by atoms with E-state index in [0.29, 0.717) is 27.5 Å². The summed E-state index contributed by atoms with van der Waals surface area (Å²) in [6, 6.07) is 10.9. The molecule has 1 aromatic heterocycles. The summed E-state index contributed by atoms with van der Waals surface area (Å²) in [7, 11) is 3.61. The van der Waals surface area contributed by atoms with Crippen molar-refractivity contribution in [1.82, 2.24) is 9.47 Å². The molecule has 0 saturated carbocycles. The predicted octanol–water partition coefficient (Wildman–Crippen LogP) is 5.23. The van der Waals surface area contributed by atoms with Gasteiger partial charge in [-0.05, 0) is 86.8 Å². The van der Waals surface area contributed by atoms with Gasteiger partial charge >= 0.3 is 6.18 Å². The van der Waals surface area contributed by atoms with E-state index >= 15 is 0 Å². The van der Waals surface area contributed by atoms with Crippen LogP contribution >= 0.6 is 0 Å². The van der Waals surface area contributed by atoms with Gasteiger partial charge in [0, 0.05) is 23.2 Å². The summed E-state index contributed by atoms with van der Waals surface area (Å²) >= 11 is -1.15. The summed E-state index contributed by atoms with van der Waals surface area (Å²) in [4.78, 5) is 2.91. The van der Waals surface area contributed by atoms with E-state index < -0.39 is 23.9 Å². The van der Waals surface area contributed by atoms with Gasteiger partial charge in [0.05, 0.1) is 30.6 Å². The van der Waals surface area contributed by atoms with E-state index in [2.05, 4.69) is 34.4 Å². The van der Waals surface area contributed by atoms with Gasteiger partial charge in [0.15, 0.2) is 4.90 Å². The number of aryl methyl sites for hydroxylation is 1. The molecule has 0 bridgehead atoms. The Bertz CT molecular complexity index is 1340. The fraction of sp³-hybridized carbons (Fsp3) is 0.429. The molecular weight excluding hydrogens is 513 g/mol. The lowest BCUT2D eigenvalue weighted by Gasteiger charge is -2.30.